The summed E-state index contributed by atoms with van der Waals surface area (Å²) >= 11 is 0. The molecule has 1 aromatic rings. The number of ether oxygens (including phenoxy) is 3. The molecule has 0 amide bonds. The van der Waals surface area contributed by atoms with E-state index < -0.39 is 0 Å². The number of carbonyl (C=O) groups is 1. The van der Waals surface area contributed by atoms with E-state index in [1.807, 2.05) is 39.1 Å². The Morgan fingerprint density at radius 1 is 1.33 bits per heavy atom. The highest BCUT2D eigenvalue weighted by molar-refractivity contribution is 5.73. The number of nitrogens with one attached hydrogen (secondary N) is 1. The molecule has 0 radical (unpaired) electrons. The zero-order chi connectivity index (χ0) is 15.2. The summed E-state index contributed by atoms with van der Waals surface area (Å²) in [5.41, 5.74) is 1.11. The molecule has 0 saturated carbocycles. The second kappa shape index (κ2) is 7.31. The van der Waals surface area contributed by atoms with E-state index in [1.54, 1.807) is 0 Å². The molecule has 5 nitrogen and oxygen atoms in total. The van der Waals surface area contributed by atoms with Crippen LogP contribution < -0.4 is 14.8 Å². The lowest BCUT2D eigenvalue weighted by Gasteiger charge is -2.24. The maximum atomic E-state index is 12.0. The van der Waals surface area contributed by atoms with E-state index in [0.717, 1.165) is 29.9 Å². The van der Waals surface area contributed by atoms with Crippen molar-refractivity contribution in [2.45, 2.75) is 32.7 Å². The Bertz CT molecular complexity index is 489. The van der Waals surface area contributed by atoms with Gasteiger partial charge in [-0.25, -0.2) is 0 Å². The molecule has 2 rings (SSSR count). The Labute approximate surface area is 125 Å². The Morgan fingerprint density at radius 2 is 2.10 bits per heavy atom. The van der Waals surface area contributed by atoms with Crippen LogP contribution in [-0.4, -0.2) is 32.5 Å². The van der Waals surface area contributed by atoms with Crippen molar-refractivity contribution in [3.63, 3.8) is 0 Å². The van der Waals surface area contributed by atoms with Crippen LogP contribution in [0.1, 0.15) is 25.8 Å². The third-order valence-electron chi connectivity index (χ3n) is 3.78. The third-order valence-corrected chi connectivity index (χ3v) is 3.78. The predicted octanol–water partition coefficient (Wildman–Crippen LogP) is 2.14. The number of hydrogen-bond acceptors (Lipinski definition) is 5. The molecular formula is C16H23NO4. The van der Waals surface area contributed by atoms with Gasteiger partial charge < -0.3 is 19.5 Å². The molecular weight excluding hydrogens is 270 g/mol. The fraction of sp³-hybridized carbons (Fsp3) is 0.562. The van der Waals surface area contributed by atoms with Crippen LogP contribution in [-0.2, 0) is 16.0 Å². The zero-order valence-corrected chi connectivity index (χ0v) is 12.8. The highest BCUT2D eigenvalue weighted by Gasteiger charge is 2.27. The van der Waals surface area contributed by atoms with Crippen LogP contribution in [0.4, 0.5) is 0 Å². The van der Waals surface area contributed by atoms with Gasteiger partial charge in [-0.15, -0.1) is 0 Å². The van der Waals surface area contributed by atoms with Gasteiger partial charge in [0.25, 0.3) is 0 Å². The molecule has 0 aromatic heterocycles. The Morgan fingerprint density at radius 3 is 2.76 bits per heavy atom. The molecule has 1 aromatic carbocycles. The fourth-order valence-electron chi connectivity index (χ4n) is 2.63. The molecule has 2 unspecified atom stereocenters. The Kier molecular flexibility index (Phi) is 5.44. The predicted molar refractivity (Wildman–Crippen MR) is 79.5 cm³/mol. The van der Waals surface area contributed by atoms with E-state index in [1.165, 1.54) is 0 Å². The first-order valence-electron chi connectivity index (χ1n) is 7.42. The second-order valence-corrected chi connectivity index (χ2v) is 5.05. The number of hydrogen-bond donors (Lipinski definition) is 1. The van der Waals surface area contributed by atoms with Crippen molar-refractivity contribution in [2.24, 2.45) is 5.92 Å². The molecule has 0 fully saturated rings. The van der Waals surface area contributed by atoms with Gasteiger partial charge in [0.1, 0.15) is 0 Å². The van der Waals surface area contributed by atoms with Gasteiger partial charge in [0, 0.05) is 6.04 Å². The minimum absolute atomic E-state index is 0.0365. The van der Waals surface area contributed by atoms with Gasteiger partial charge in [-0.3, -0.25) is 4.79 Å². The standard InChI is InChI=1S/C16H23NO4/c1-4-12(16(18)19-5-2)13(17-3)8-11-6-7-14-15(9-11)21-10-20-14/h6-7,9,12-13,17H,4-5,8,10H2,1-3H3. The van der Waals surface area contributed by atoms with E-state index in [9.17, 15) is 4.79 Å². The van der Waals surface area contributed by atoms with E-state index in [0.29, 0.717) is 6.61 Å². The normalized spacial score (nSPS) is 15.6. The van der Waals surface area contributed by atoms with Gasteiger partial charge in [-0.2, -0.15) is 0 Å². The fourth-order valence-corrected chi connectivity index (χ4v) is 2.63. The van der Waals surface area contributed by atoms with Crippen molar-refractivity contribution in [2.75, 3.05) is 20.4 Å². The van der Waals surface area contributed by atoms with Crippen LogP contribution in [0.5, 0.6) is 11.5 Å². The minimum atomic E-state index is -0.152. The molecule has 1 aliphatic rings. The lowest BCUT2D eigenvalue weighted by atomic mass is 9.91. The topological polar surface area (TPSA) is 56.8 Å². The number of fused-ring (bicyclic) bond motifs is 1. The summed E-state index contributed by atoms with van der Waals surface area (Å²) in [5, 5.41) is 3.24. The summed E-state index contributed by atoms with van der Waals surface area (Å²) in [6.45, 7) is 4.52. The van der Waals surface area contributed by atoms with Gasteiger partial charge in [-0.05, 0) is 44.5 Å². The summed E-state index contributed by atoms with van der Waals surface area (Å²) in [4.78, 5) is 12.0. The molecule has 0 aliphatic carbocycles. The SMILES string of the molecule is CCOC(=O)C(CC)C(Cc1ccc2c(c1)OCO2)NC. The molecule has 1 heterocycles. The first-order valence-corrected chi connectivity index (χ1v) is 7.42. The molecule has 1 aliphatic heterocycles. The van der Waals surface area contributed by atoms with Crippen LogP contribution in [0.2, 0.25) is 0 Å². The maximum absolute atomic E-state index is 12.0. The molecule has 1 N–H and O–H groups in total. The van der Waals surface area contributed by atoms with Gasteiger partial charge in [0.2, 0.25) is 6.79 Å². The first kappa shape index (κ1) is 15.6. The van der Waals surface area contributed by atoms with Crippen molar-refractivity contribution in [3.8, 4) is 11.5 Å². The number of rotatable bonds is 7. The van der Waals surface area contributed by atoms with Crippen LogP contribution in [0.25, 0.3) is 0 Å². The quantitative estimate of drug-likeness (QED) is 0.781. The highest BCUT2D eigenvalue weighted by Crippen LogP contribution is 2.33. The molecule has 2 atom stereocenters. The summed E-state index contributed by atoms with van der Waals surface area (Å²) in [5.74, 6) is 1.25. The van der Waals surface area contributed by atoms with E-state index in [4.69, 9.17) is 14.2 Å². The lowest BCUT2D eigenvalue weighted by Crippen LogP contribution is -2.40. The molecule has 5 heteroatoms. The number of likely N-dealkylation sites (N-methyl/N-ethyl adjacent to an activating group) is 1. The van der Waals surface area contributed by atoms with Crippen LogP contribution in [0, 0.1) is 5.92 Å². The lowest BCUT2D eigenvalue weighted by molar-refractivity contribution is -0.149. The monoisotopic (exact) mass is 293 g/mol. The second-order valence-electron chi connectivity index (χ2n) is 5.05. The molecule has 21 heavy (non-hydrogen) atoms. The van der Waals surface area contributed by atoms with E-state index in [2.05, 4.69) is 5.32 Å². The smallest absolute Gasteiger partial charge is 0.310 e. The average molecular weight is 293 g/mol. The minimum Gasteiger partial charge on any atom is -0.466 e. The zero-order valence-electron chi connectivity index (χ0n) is 12.8. The third kappa shape index (κ3) is 3.67. The number of carbonyl (C=O) groups excluding carboxylic acids is 1. The summed E-state index contributed by atoms with van der Waals surface area (Å²) in [6, 6.07) is 5.94. The average Bonchev–Trinajstić information content (AvgIpc) is 2.94. The maximum Gasteiger partial charge on any atom is 0.310 e. The van der Waals surface area contributed by atoms with Crippen molar-refractivity contribution < 1.29 is 19.0 Å². The van der Waals surface area contributed by atoms with Crippen molar-refractivity contribution in [1.29, 1.82) is 0 Å². The summed E-state index contributed by atoms with van der Waals surface area (Å²) < 4.78 is 15.9. The van der Waals surface area contributed by atoms with Gasteiger partial charge in [-0.1, -0.05) is 13.0 Å². The molecule has 116 valence electrons. The van der Waals surface area contributed by atoms with E-state index >= 15 is 0 Å². The molecule has 0 spiro atoms. The Balaban J connectivity index is 2.08. The van der Waals surface area contributed by atoms with Crippen molar-refractivity contribution in [3.05, 3.63) is 23.8 Å². The summed E-state index contributed by atoms with van der Waals surface area (Å²) in [7, 11) is 1.87. The van der Waals surface area contributed by atoms with Gasteiger partial charge >= 0.3 is 5.97 Å². The Hall–Kier alpha value is -1.75. The van der Waals surface area contributed by atoms with Gasteiger partial charge in [0.15, 0.2) is 11.5 Å². The van der Waals surface area contributed by atoms with Crippen LogP contribution >= 0.6 is 0 Å². The molecule has 0 bridgehead atoms. The van der Waals surface area contributed by atoms with E-state index in [-0.39, 0.29) is 24.7 Å². The van der Waals surface area contributed by atoms with Crippen molar-refractivity contribution in [1.82, 2.24) is 5.32 Å². The highest BCUT2D eigenvalue weighted by atomic mass is 16.7. The number of benzene rings is 1. The number of esters is 1. The van der Waals surface area contributed by atoms with Gasteiger partial charge in [0.05, 0.1) is 12.5 Å². The largest absolute Gasteiger partial charge is 0.466 e. The van der Waals surface area contributed by atoms with Crippen LogP contribution in [0.3, 0.4) is 0 Å². The van der Waals surface area contributed by atoms with Crippen LogP contribution in [0.15, 0.2) is 18.2 Å². The summed E-state index contributed by atoms with van der Waals surface area (Å²) in [6.07, 6.45) is 1.49. The van der Waals surface area contributed by atoms with Crippen molar-refractivity contribution >= 4 is 5.97 Å². The first-order chi connectivity index (χ1) is 10.2. The molecule has 0 saturated heterocycles.